The number of hydrogen-bond acceptors (Lipinski definition) is 4. The van der Waals surface area contributed by atoms with E-state index in [4.69, 9.17) is 27.6 Å². The quantitative estimate of drug-likeness (QED) is 0.435. The van der Waals surface area contributed by atoms with Crippen LogP contribution in [0, 0.1) is 5.82 Å². The Labute approximate surface area is 195 Å². The lowest BCUT2D eigenvalue weighted by atomic mass is 10.2. The van der Waals surface area contributed by atoms with Crippen molar-refractivity contribution in [1.29, 1.82) is 0 Å². The molecule has 1 aromatic heterocycles. The summed E-state index contributed by atoms with van der Waals surface area (Å²) < 4.78 is 19.5. The summed E-state index contributed by atoms with van der Waals surface area (Å²) in [6.07, 6.45) is 2.47. The number of aromatic nitrogens is 1. The van der Waals surface area contributed by atoms with Crippen LogP contribution in [0.3, 0.4) is 0 Å². The van der Waals surface area contributed by atoms with Crippen molar-refractivity contribution < 1.29 is 18.4 Å². The van der Waals surface area contributed by atoms with E-state index in [1.807, 2.05) is 6.92 Å². The molecule has 1 N–H and O–H groups in total. The Morgan fingerprint density at radius 3 is 2.69 bits per heavy atom. The Morgan fingerprint density at radius 1 is 1.19 bits per heavy atom. The van der Waals surface area contributed by atoms with E-state index in [1.165, 1.54) is 23.2 Å². The molecule has 3 rings (SSSR count). The molecule has 0 unspecified atom stereocenters. The van der Waals surface area contributed by atoms with Gasteiger partial charge in [0.05, 0.1) is 29.0 Å². The Bertz CT molecular complexity index is 1100. The number of carbonyl (C=O) groups is 2. The fourth-order valence-electron chi connectivity index (χ4n) is 3.10. The Morgan fingerprint density at radius 2 is 1.97 bits per heavy atom. The largest absolute Gasteiger partial charge is 0.441 e. The second-order valence-corrected chi connectivity index (χ2v) is 7.93. The third-order valence-electron chi connectivity index (χ3n) is 4.63. The molecule has 3 aromatic rings. The number of hydrogen-bond donors (Lipinski definition) is 1. The van der Waals surface area contributed by atoms with Crippen molar-refractivity contribution >= 4 is 40.7 Å². The summed E-state index contributed by atoms with van der Waals surface area (Å²) in [5.74, 6) is -0.364. The molecule has 2 amide bonds. The maximum Gasteiger partial charge on any atom is 0.244 e. The minimum Gasteiger partial charge on any atom is -0.441 e. The molecule has 32 heavy (non-hydrogen) atoms. The van der Waals surface area contributed by atoms with Crippen molar-refractivity contribution in [2.45, 2.75) is 26.2 Å². The second kappa shape index (κ2) is 11.1. The van der Waals surface area contributed by atoms with E-state index in [2.05, 4.69) is 10.3 Å². The van der Waals surface area contributed by atoms with Gasteiger partial charge in [-0.25, -0.2) is 9.37 Å². The lowest BCUT2D eigenvalue weighted by Gasteiger charge is -2.21. The van der Waals surface area contributed by atoms with Crippen molar-refractivity contribution in [2.75, 3.05) is 18.4 Å². The number of nitrogens with one attached hydrogen (secondary N) is 1. The molecular weight excluding hydrogens is 456 g/mol. The van der Waals surface area contributed by atoms with E-state index < -0.39 is 5.82 Å². The molecule has 0 atom stereocenters. The second-order valence-electron chi connectivity index (χ2n) is 7.09. The van der Waals surface area contributed by atoms with Gasteiger partial charge in [0, 0.05) is 24.4 Å². The first-order valence-corrected chi connectivity index (χ1v) is 10.8. The van der Waals surface area contributed by atoms with Gasteiger partial charge in [-0.15, -0.1) is 0 Å². The molecular formula is C23H22Cl2FN3O3. The van der Waals surface area contributed by atoms with Crippen LogP contribution in [0.2, 0.25) is 10.0 Å². The van der Waals surface area contributed by atoms with E-state index in [1.54, 1.807) is 30.3 Å². The van der Waals surface area contributed by atoms with Gasteiger partial charge in [-0.1, -0.05) is 42.3 Å². The summed E-state index contributed by atoms with van der Waals surface area (Å²) in [5, 5.41) is 3.46. The smallest absolute Gasteiger partial charge is 0.244 e. The van der Waals surface area contributed by atoms with Crippen LogP contribution in [-0.4, -0.2) is 34.8 Å². The van der Waals surface area contributed by atoms with Crippen molar-refractivity contribution in [3.8, 4) is 11.3 Å². The molecule has 0 spiro atoms. The first-order chi connectivity index (χ1) is 15.4. The van der Waals surface area contributed by atoms with E-state index >= 15 is 0 Å². The molecule has 1 heterocycles. The molecule has 0 radical (unpaired) electrons. The highest BCUT2D eigenvalue weighted by molar-refractivity contribution is 6.36. The number of halogens is 3. The fourth-order valence-corrected chi connectivity index (χ4v) is 3.55. The summed E-state index contributed by atoms with van der Waals surface area (Å²) in [4.78, 5) is 30.8. The minimum atomic E-state index is -0.410. The first kappa shape index (κ1) is 23.8. The zero-order valence-electron chi connectivity index (χ0n) is 17.4. The summed E-state index contributed by atoms with van der Waals surface area (Å²) in [7, 11) is 0. The maximum atomic E-state index is 13.9. The average molecular weight is 478 g/mol. The van der Waals surface area contributed by atoms with E-state index in [0.717, 1.165) is 0 Å². The number of benzene rings is 2. The third-order valence-corrected chi connectivity index (χ3v) is 5.18. The molecule has 2 aromatic carbocycles. The summed E-state index contributed by atoms with van der Waals surface area (Å²) in [6, 6.07) is 11.0. The third kappa shape index (κ3) is 6.31. The highest BCUT2D eigenvalue weighted by atomic mass is 35.5. The lowest BCUT2D eigenvalue weighted by Crippen LogP contribution is -2.38. The van der Waals surface area contributed by atoms with Crippen molar-refractivity contribution in [2.24, 2.45) is 0 Å². The zero-order valence-corrected chi connectivity index (χ0v) is 18.9. The Balaban J connectivity index is 1.58. The SMILES string of the molecule is CCCN(CC(=O)Nc1ccc(Cl)cc1Cl)C(=O)CCc1ncc(-c2ccccc2F)o1. The van der Waals surface area contributed by atoms with Crippen LogP contribution < -0.4 is 5.32 Å². The highest BCUT2D eigenvalue weighted by Gasteiger charge is 2.19. The van der Waals surface area contributed by atoms with Crippen LogP contribution in [-0.2, 0) is 16.0 Å². The highest BCUT2D eigenvalue weighted by Crippen LogP contribution is 2.26. The number of oxazole rings is 1. The molecule has 9 heteroatoms. The normalized spacial score (nSPS) is 10.8. The van der Waals surface area contributed by atoms with Gasteiger partial charge in [0.2, 0.25) is 11.8 Å². The first-order valence-electron chi connectivity index (χ1n) is 10.1. The van der Waals surface area contributed by atoms with Crippen LogP contribution in [0.15, 0.2) is 53.1 Å². The van der Waals surface area contributed by atoms with Gasteiger partial charge in [-0.3, -0.25) is 9.59 Å². The van der Waals surface area contributed by atoms with Crippen molar-refractivity contribution in [3.63, 3.8) is 0 Å². The standard InChI is InChI=1S/C23H22Cl2FN3O3/c1-2-11-29(14-21(30)28-19-8-7-15(24)12-17(19)25)23(31)10-9-22-27-13-20(32-22)16-5-3-4-6-18(16)26/h3-8,12-13H,2,9-11,14H2,1H3,(H,28,30). The van der Waals surface area contributed by atoms with E-state index in [0.29, 0.717) is 45.9 Å². The van der Waals surface area contributed by atoms with Crippen molar-refractivity contribution in [1.82, 2.24) is 9.88 Å². The number of amides is 2. The van der Waals surface area contributed by atoms with Crippen molar-refractivity contribution in [3.05, 3.63) is 70.4 Å². The number of anilines is 1. The van der Waals surface area contributed by atoms with E-state index in [-0.39, 0.29) is 31.2 Å². The van der Waals surface area contributed by atoms with Crippen LogP contribution in [0.1, 0.15) is 25.7 Å². The fraction of sp³-hybridized carbons (Fsp3) is 0.261. The zero-order chi connectivity index (χ0) is 23.1. The van der Waals surface area contributed by atoms with Gasteiger partial charge in [-0.2, -0.15) is 0 Å². The lowest BCUT2D eigenvalue weighted by molar-refractivity contribution is -0.134. The summed E-state index contributed by atoms with van der Waals surface area (Å²) >= 11 is 12.0. The van der Waals surface area contributed by atoms with Gasteiger partial charge >= 0.3 is 0 Å². The Kier molecular flexibility index (Phi) is 8.25. The molecule has 0 aliphatic heterocycles. The predicted molar refractivity (Wildman–Crippen MR) is 122 cm³/mol. The molecule has 6 nitrogen and oxygen atoms in total. The molecule has 168 valence electrons. The summed E-state index contributed by atoms with van der Waals surface area (Å²) in [5.41, 5.74) is 0.730. The van der Waals surface area contributed by atoms with Gasteiger partial charge < -0.3 is 14.6 Å². The molecule has 0 fully saturated rings. The van der Waals surface area contributed by atoms with Gasteiger partial charge in [0.1, 0.15) is 5.82 Å². The number of nitrogens with zero attached hydrogens (tertiary/aromatic N) is 2. The Hall–Kier alpha value is -2.90. The van der Waals surface area contributed by atoms with Crippen LogP contribution in [0.25, 0.3) is 11.3 Å². The molecule has 0 aliphatic rings. The molecule has 0 aliphatic carbocycles. The minimum absolute atomic E-state index is 0.103. The number of carbonyl (C=O) groups excluding carboxylic acids is 2. The number of aryl methyl sites for hydroxylation is 1. The van der Waals surface area contributed by atoms with Crippen LogP contribution in [0.5, 0.6) is 0 Å². The van der Waals surface area contributed by atoms with E-state index in [9.17, 15) is 14.0 Å². The van der Waals surface area contributed by atoms with Crippen LogP contribution >= 0.6 is 23.2 Å². The van der Waals surface area contributed by atoms with Gasteiger partial charge in [-0.05, 0) is 36.8 Å². The molecule has 0 bridgehead atoms. The number of rotatable bonds is 9. The van der Waals surface area contributed by atoms with Gasteiger partial charge in [0.25, 0.3) is 0 Å². The topological polar surface area (TPSA) is 75.4 Å². The average Bonchev–Trinajstić information content (AvgIpc) is 3.23. The van der Waals surface area contributed by atoms with Crippen LogP contribution in [0.4, 0.5) is 10.1 Å². The van der Waals surface area contributed by atoms with Gasteiger partial charge in [0.15, 0.2) is 11.7 Å². The summed E-state index contributed by atoms with van der Waals surface area (Å²) in [6.45, 7) is 2.23. The molecule has 0 saturated heterocycles. The predicted octanol–water partition coefficient (Wildman–Crippen LogP) is 5.60. The maximum absolute atomic E-state index is 13.9. The monoisotopic (exact) mass is 477 g/mol. The molecule has 0 saturated carbocycles.